The number of rotatable bonds is 5. The number of hydrogen-bond donors (Lipinski definition) is 3. The molecule has 0 saturated heterocycles. The SMILES string of the molecule is CC(=O)Nc1ccc(S(=O)(=O)NC2=NCN(Cc3ccccc3Cl)CN2)cc1. The third-order valence-corrected chi connectivity index (χ3v) is 5.69. The maximum Gasteiger partial charge on any atom is 0.264 e. The van der Waals surface area contributed by atoms with Crippen LogP contribution in [0.25, 0.3) is 0 Å². The van der Waals surface area contributed by atoms with Gasteiger partial charge in [-0.1, -0.05) is 29.8 Å². The molecular weight excluding hydrogens is 402 g/mol. The molecule has 0 radical (unpaired) electrons. The normalized spacial score (nSPS) is 14.7. The fraction of sp³-hybridized carbons (Fsp3) is 0.222. The Kier molecular flexibility index (Phi) is 6.18. The first kappa shape index (κ1) is 20.1. The minimum absolute atomic E-state index is 0.0737. The summed E-state index contributed by atoms with van der Waals surface area (Å²) in [5.74, 6) is -0.0443. The first-order chi connectivity index (χ1) is 13.3. The number of carbonyl (C=O) groups excluding carboxylic acids is 1. The Morgan fingerprint density at radius 2 is 1.93 bits per heavy atom. The number of benzene rings is 2. The van der Waals surface area contributed by atoms with E-state index in [4.69, 9.17) is 11.6 Å². The van der Waals surface area contributed by atoms with Crippen molar-refractivity contribution in [2.45, 2.75) is 18.4 Å². The lowest BCUT2D eigenvalue weighted by molar-refractivity contribution is -0.114. The van der Waals surface area contributed by atoms with Gasteiger partial charge in [-0.25, -0.2) is 18.1 Å². The summed E-state index contributed by atoms with van der Waals surface area (Å²) >= 11 is 6.17. The number of anilines is 1. The second kappa shape index (κ2) is 8.59. The number of nitrogens with zero attached hydrogens (tertiary/aromatic N) is 2. The Morgan fingerprint density at radius 3 is 2.54 bits per heavy atom. The molecule has 3 rings (SSSR count). The fourth-order valence-electron chi connectivity index (χ4n) is 2.61. The van der Waals surface area contributed by atoms with Gasteiger partial charge in [-0.05, 0) is 35.9 Å². The molecule has 0 fully saturated rings. The first-order valence-corrected chi connectivity index (χ1v) is 10.3. The number of guanidine groups is 1. The van der Waals surface area contributed by atoms with Crippen molar-refractivity contribution in [1.82, 2.24) is 14.9 Å². The summed E-state index contributed by atoms with van der Waals surface area (Å²) in [6, 6.07) is 13.4. The van der Waals surface area contributed by atoms with E-state index in [1.807, 2.05) is 29.2 Å². The lowest BCUT2D eigenvalue weighted by Gasteiger charge is -2.27. The molecule has 0 bridgehead atoms. The number of amides is 1. The highest BCUT2D eigenvalue weighted by atomic mass is 35.5. The van der Waals surface area contributed by atoms with Crippen molar-refractivity contribution < 1.29 is 13.2 Å². The molecule has 1 amide bonds. The van der Waals surface area contributed by atoms with Crippen molar-refractivity contribution in [3.8, 4) is 0 Å². The summed E-state index contributed by atoms with van der Waals surface area (Å²) in [4.78, 5) is 17.3. The van der Waals surface area contributed by atoms with Gasteiger partial charge < -0.3 is 10.6 Å². The van der Waals surface area contributed by atoms with Gasteiger partial charge in [0.25, 0.3) is 10.0 Å². The van der Waals surface area contributed by atoms with Crippen LogP contribution in [-0.2, 0) is 21.4 Å². The molecule has 0 atom stereocenters. The molecule has 1 aliphatic rings. The number of halogens is 1. The van der Waals surface area contributed by atoms with Crippen molar-refractivity contribution in [2.24, 2.45) is 4.99 Å². The highest BCUT2D eigenvalue weighted by Crippen LogP contribution is 2.17. The van der Waals surface area contributed by atoms with E-state index < -0.39 is 10.0 Å². The molecule has 0 spiro atoms. The molecule has 0 unspecified atom stereocenters. The molecule has 10 heteroatoms. The number of hydrogen-bond acceptors (Lipinski definition) is 6. The zero-order chi connectivity index (χ0) is 20.1. The third-order valence-electron chi connectivity index (χ3n) is 3.97. The van der Waals surface area contributed by atoms with Crippen LogP contribution in [0.3, 0.4) is 0 Å². The lowest BCUT2D eigenvalue weighted by atomic mass is 10.2. The van der Waals surface area contributed by atoms with Gasteiger partial charge in [-0.15, -0.1) is 0 Å². The molecular formula is C18H20ClN5O3S. The molecule has 0 aromatic heterocycles. The Bertz CT molecular complexity index is 993. The minimum Gasteiger partial charge on any atom is -0.343 e. The molecule has 0 aliphatic carbocycles. The Morgan fingerprint density at radius 1 is 1.21 bits per heavy atom. The number of carbonyl (C=O) groups is 1. The highest BCUT2D eigenvalue weighted by Gasteiger charge is 2.20. The van der Waals surface area contributed by atoms with Gasteiger partial charge in [-0.3, -0.25) is 9.69 Å². The predicted molar refractivity (Wildman–Crippen MR) is 108 cm³/mol. The molecule has 8 nitrogen and oxygen atoms in total. The largest absolute Gasteiger partial charge is 0.343 e. The Balaban J connectivity index is 1.61. The summed E-state index contributed by atoms with van der Waals surface area (Å²) in [6.07, 6.45) is 0. The van der Waals surface area contributed by atoms with Crippen LogP contribution in [-0.4, -0.2) is 38.5 Å². The molecule has 1 heterocycles. The summed E-state index contributed by atoms with van der Waals surface area (Å²) < 4.78 is 27.4. The molecule has 3 N–H and O–H groups in total. The van der Waals surface area contributed by atoms with E-state index >= 15 is 0 Å². The van der Waals surface area contributed by atoms with Crippen molar-refractivity contribution in [3.63, 3.8) is 0 Å². The van der Waals surface area contributed by atoms with E-state index in [0.29, 0.717) is 30.6 Å². The van der Waals surface area contributed by atoms with Crippen molar-refractivity contribution >= 4 is 39.2 Å². The third kappa shape index (κ3) is 5.22. The Hall–Kier alpha value is -2.62. The van der Waals surface area contributed by atoms with Crippen LogP contribution in [0.15, 0.2) is 58.4 Å². The summed E-state index contributed by atoms with van der Waals surface area (Å²) in [5, 5.41) is 6.23. The maximum absolute atomic E-state index is 12.5. The monoisotopic (exact) mass is 421 g/mol. The van der Waals surface area contributed by atoms with E-state index in [0.717, 1.165) is 5.56 Å². The first-order valence-electron chi connectivity index (χ1n) is 8.48. The molecule has 2 aromatic carbocycles. The molecule has 1 aliphatic heterocycles. The van der Waals surface area contributed by atoms with Gasteiger partial charge in [0.15, 0.2) is 0 Å². The van der Waals surface area contributed by atoms with E-state index in [-0.39, 0.29) is 16.8 Å². The van der Waals surface area contributed by atoms with Crippen molar-refractivity contribution in [1.29, 1.82) is 0 Å². The predicted octanol–water partition coefficient (Wildman–Crippen LogP) is 1.95. The Labute approximate surface area is 168 Å². The standard InChI is InChI=1S/C18H20ClN5O3S/c1-13(25)22-15-6-8-16(9-7-15)28(26,27)23-18-20-11-24(12-21-18)10-14-4-2-3-5-17(14)19/h2-9H,10-12H2,1H3,(H,22,25)(H2,20,21,23). The van der Waals surface area contributed by atoms with Crippen molar-refractivity contribution in [2.75, 3.05) is 18.7 Å². The van der Waals surface area contributed by atoms with E-state index in [2.05, 4.69) is 20.3 Å². The van der Waals surface area contributed by atoms with Crippen LogP contribution >= 0.6 is 11.6 Å². The number of aliphatic imine (C=N–C) groups is 1. The minimum atomic E-state index is -3.78. The zero-order valence-corrected chi connectivity index (χ0v) is 16.7. The van der Waals surface area contributed by atoms with E-state index in [1.165, 1.54) is 31.2 Å². The smallest absolute Gasteiger partial charge is 0.264 e. The number of sulfonamides is 1. The van der Waals surface area contributed by atoms with Crippen molar-refractivity contribution in [3.05, 3.63) is 59.1 Å². The van der Waals surface area contributed by atoms with Gasteiger partial charge in [-0.2, -0.15) is 0 Å². The van der Waals surface area contributed by atoms with Gasteiger partial charge in [0.1, 0.15) is 0 Å². The maximum atomic E-state index is 12.5. The van der Waals surface area contributed by atoms with Crippen LogP contribution in [0, 0.1) is 0 Å². The van der Waals surface area contributed by atoms with Gasteiger partial charge in [0.05, 0.1) is 18.2 Å². The second-order valence-electron chi connectivity index (χ2n) is 6.21. The van der Waals surface area contributed by atoms with Crippen LogP contribution in [0.4, 0.5) is 5.69 Å². The van der Waals surface area contributed by atoms with Crippen LogP contribution in [0.2, 0.25) is 5.02 Å². The van der Waals surface area contributed by atoms with Crippen LogP contribution < -0.4 is 15.4 Å². The average molecular weight is 422 g/mol. The molecule has 148 valence electrons. The van der Waals surface area contributed by atoms with E-state index in [1.54, 1.807) is 0 Å². The molecule has 28 heavy (non-hydrogen) atoms. The summed E-state index contributed by atoms with van der Waals surface area (Å²) in [6.45, 7) is 2.74. The topological polar surface area (TPSA) is 103 Å². The zero-order valence-electron chi connectivity index (χ0n) is 15.1. The fourth-order valence-corrected chi connectivity index (χ4v) is 3.81. The second-order valence-corrected chi connectivity index (χ2v) is 8.30. The molecule has 2 aromatic rings. The number of nitrogens with one attached hydrogen (secondary N) is 3. The lowest BCUT2D eigenvalue weighted by Crippen LogP contribution is -2.49. The summed E-state index contributed by atoms with van der Waals surface area (Å²) in [7, 11) is -3.78. The average Bonchev–Trinajstić information content (AvgIpc) is 2.65. The van der Waals surface area contributed by atoms with E-state index in [9.17, 15) is 13.2 Å². The van der Waals surface area contributed by atoms with Gasteiger partial charge in [0.2, 0.25) is 11.9 Å². The van der Waals surface area contributed by atoms with Gasteiger partial charge >= 0.3 is 0 Å². The van der Waals surface area contributed by atoms with Crippen LogP contribution in [0.1, 0.15) is 12.5 Å². The highest BCUT2D eigenvalue weighted by molar-refractivity contribution is 7.90. The summed E-state index contributed by atoms with van der Waals surface area (Å²) in [5.41, 5.74) is 1.50. The quantitative estimate of drug-likeness (QED) is 0.684. The molecule has 0 saturated carbocycles. The van der Waals surface area contributed by atoms with Crippen LogP contribution in [0.5, 0.6) is 0 Å². The van der Waals surface area contributed by atoms with Gasteiger partial charge in [0, 0.05) is 24.2 Å².